The highest BCUT2D eigenvalue weighted by Gasteiger charge is 2.18. The van der Waals surface area contributed by atoms with E-state index in [0.717, 1.165) is 25.7 Å². The Labute approximate surface area is 157 Å². The van der Waals surface area contributed by atoms with E-state index in [-0.39, 0.29) is 18.1 Å². The molecule has 2 aromatic rings. The van der Waals surface area contributed by atoms with Gasteiger partial charge in [-0.05, 0) is 68.1 Å². The maximum atomic E-state index is 12.2. The quantitative estimate of drug-likeness (QED) is 0.699. The van der Waals surface area contributed by atoms with Crippen LogP contribution in [0.2, 0.25) is 5.02 Å². The number of esters is 1. The lowest BCUT2D eigenvalue weighted by molar-refractivity contribution is 0.0211. The van der Waals surface area contributed by atoms with Gasteiger partial charge in [0.05, 0.1) is 5.56 Å². The zero-order valence-electron chi connectivity index (χ0n) is 14.3. The van der Waals surface area contributed by atoms with Crippen LogP contribution in [0.5, 0.6) is 0 Å². The summed E-state index contributed by atoms with van der Waals surface area (Å²) in [6.07, 6.45) is 5.35. The molecule has 1 saturated carbocycles. The largest absolute Gasteiger partial charge is 0.459 e. The molecule has 26 heavy (non-hydrogen) atoms. The number of rotatable bonds is 4. The van der Waals surface area contributed by atoms with E-state index < -0.39 is 0 Å². The SMILES string of the molecule is O=C(Nc1ccc(C(=O)OC2CCCCC2)cc1)Nc1cccc(Cl)c1. The second-order valence-electron chi connectivity index (χ2n) is 6.33. The number of halogens is 1. The first-order valence-corrected chi connectivity index (χ1v) is 9.12. The molecule has 6 heteroatoms. The Kier molecular flexibility index (Phi) is 6.12. The number of nitrogens with one attached hydrogen (secondary N) is 2. The molecule has 0 saturated heterocycles. The van der Waals surface area contributed by atoms with E-state index in [2.05, 4.69) is 10.6 Å². The van der Waals surface area contributed by atoms with Crippen molar-refractivity contribution in [2.24, 2.45) is 0 Å². The number of amides is 2. The fourth-order valence-corrected chi connectivity index (χ4v) is 3.14. The Morgan fingerprint density at radius 2 is 1.62 bits per heavy atom. The van der Waals surface area contributed by atoms with E-state index >= 15 is 0 Å². The average Bonchev–Trinajstić information content (AvgIpc) is 2.63. The van der Waals surface area contributed by atoms with Gasteiger partial charge in [-0.2, -0.15) is 0 Å². The van der Waals surface area contributed by atoms with Crippen molar-refractivity contribution in [3.63, 3.8) is 0 Å². The van der Waals surface area contributed by atoms with Gasteiger partial charge < -0.3 is 15.4 Å². The molecule has 136 valence electrons. The Morgan fingerprint density at radius 3 is 2.31 bits per heavy atom. The Morgan fingerprint density at radius 1 is 0.923 bits per heavy atom. The van der Waals surface area contributed by atoms with Crippen molar-refractivity contribution in [2.45, 2.75) is 38.2 Å². The summed E-state index contributed by atoms with van der Waals surface area (Å²) >= 11 is 5.89. The molecule has 0 heterocycles. The topological polar surface area (TPSA) is 67.4 Å². The molecule has 1 fully saturated rings. The van der Waals surface area contributed by atoms with Gasteiger partial charge in [-0.15, -0.1) is 0 Å². The van der Waals surface area contributed by atoms with Crippen LogP contribution in [0, 0.1) is 0 Å². The highest BCUT2D eigenvalue weighted by molar-refractivity contribution is 6.30. The standard InChI is InChI=1S/C20H21ClN2O3/c21-15-5-4-6-17(13-15)23-20(25)22-16-11-9-14(10-12-16)19(24)26-18-7-2-1-3-8-18/h4-6,9-13,18H,1-3,7-8H2,(H2,22,23,25). The summed E-state index contributed by atoms with van der Waals surface area (Å²) in [6, 6.07) is 13.2. The lowest BCUT2D eigenvalue weighted by Gasteiger charge is -2.21. The molecule has 0 spiro atoms. The highest BCUT2D eigenvalue weighted by atomic mass is 35.5. The molecule has 3 rings (SSSR count). The van der Waals surface area contributed by atoms with Crippen molar-refractivity contribution in [1.29, 1.82) is 0 Å². The zero-order valence-corrected chi connectivity index (χ0v) is 15.1. The number of ether oxygens (including phenoxy) is 1. The molecule has 0 aliphatic heterocycles. The van der Waals surface area contributed by atoms with Crippen LogP contribution in [0.25, 0.3) is 0 Å². The van der Waals surface area contributed by atoms with E-state index in [9.17, 15) is 9.59 Å². The van der Waals surface area contributed by atoms with Crippen LogP contribution < -0.4 is 10.6 Å². The van der Waals surface area contributed by atoms with Crippen LogP contribution >= 0.6 is 11.6 Å². The van der Waals surface area contributed by atoms with Crippen LogP contribution in [-0.4, -0.2) is 18.1 Å². The third kappa shape index (κ3) is 5.23. The van der Waals surface area contributed by atoms with Gasteiger partial charge >= 0.3 is 12.0 Å². The van der Waals surface area contributed by atoms with E-state index in [1.807, 2.05) is 0 Å². The van der Waals surface area contributed by atoms with E-state index in [1.54, 1.807) is 48.5 Å². The van der Waals surface area contributed by atoms with Crippen molar-refractivity contribution in [3.05, 3.63) is 59.1 Å². The number of carbonyl (C=O) groups excluding carboxylic acids is 2. The van der Waals surface area contributed by atoms with Crippen molar-refractivity contribution in [1.82, 2.24) is 0 Å². The molecule has 0 atom stereocenters. The number of hydrogen-bond acceptors (Lipinski definition) is 3. The first-order chi connectivity index (χ1) is 12.6. The van der Waals surface area contributed by atoms with Crippen molar-refractivity contribution in [2.75, 3.05) is 10.6 Å². The summed E-state index contributed by atoms with van der Waals surface area (Å²) in [5.41, 5.74) is 1.66. The second kappa shape index (κ2) is 8.72. The van der Waals surface area contributed by atoms with Crippen LogP contribution in [-0.2, 0) is 4.74 Å². The average molecular weight is 373 g/mol. The molecule has 2 N–H and O–H groups in total. The fraction of sp³-hybridized carbons (Fsp3) is 0.300. The molecule has 0 bridgehead atoms. The molecular formula is C20H21ClN2O3. The fourth-order valence-electron chi connectivity index (χ4n) is 2.95. The summed E-state index contributed by atoms with van der Waals surface area (Å²) < 4.78 is 5.54. The number of carbonyl (C=O) groups is 2. The maximum Gasteiger partial charge on any atom is 0.338 e. The van der Waals surface area contributed by atoms with Crippen molar-refractivity contribution < 1.29 is 14.3 Å². The molecule has 0 radical (unpaired) electrons. The van der Waals surface area contributed by atoms with E-state index in [0.29, 0.717) is 22.0 Å². The van der Waals surface area contributed by atoms with Crippen molar-refractivity contribution >= 4 is 35.0 Å². The third-order valence-corrected chi connectivity index (χ3v) is 4.52. The summed E-state index contributed by atoms with van der Waals surface area (Å²) in [5, 5.41) is 5.95. The minimum atomic E-state index is -0.384. The zero-order chi connectivity index (χ0) is 18.4. The van der Waals surface area contributed by atoms with E-state index in [4.69, 9.17) is 16.3 Å². The summed E-state index contributed by atoms with van der Waals surface area (Å²) in [6.45, 7) is 0. The van der Waals surface area contributed by atoms with Crippen molar-refractivity contribution in [3.8, 4) is 0 Å². The number of anilines is 2. The Balaban J connectivity index is 1.53. The minimum absolute atomic E-state index is 0.0255. The monoisotopic (exact) mass is 372 g/mol. The van der Waals surface area contributed by atoms with Crippen LogP contribution in [0.4, 0.5) is 16.2 Å². The van der Waals surface area contributed by atoms with Gasteiger partial charge in [-0.25, -0.2) is 9.59 Å². The molecule has 5 nitrogen and oxygen atoms in total. The summed E-state index contributed by atoms with van der Waals surface area (Å²) in [4.78, 5) is 24.2. The Hall–Kier alpha value is -2.53. The molecule has 2 amide bonds. The molecule has 0 unspecified atom stereocenters. The van der Waals surface area contributed by atoms with Crippen LogP contribution in [0.15, 0.2) is 48.5 Å². The van der Waals surface area contributed by atoms with Gasteiger partial charge in [-0.1, -0.05) is 24.1 Å². The smallest absolute Gasteiger partial charge is 0.338 e. The second-order valence-corrected chi connectivity index (χ2v) is 6.77. The predicted molar refractivity (Wildman–Crippen MR) is 103 cm³/mol. The summed E-state index contributed by atoms with van der Waals surface area (Å²) in [5.74, 6) is -0.313. The first-order valence-electron chi connectivity index (χ1n) is 8.75. The van der Waals surface area contributed by atoms with Gasteiger partial charge in [0, 0.05) is 16.4 Å². The molecular weight excluding hydrogens is 352 g/mol. The lowest BCUT2D eigenvalue weighted by atomic mass is 9.98. The predicted octanol–water partition coefficient (Wildman–Crippen LogP) is 5.47. The van der Waals surface area contributed by atoms with Gasteiger partial charge in [0.2, 0.25) is 0 Å². The Bertz CT molecular complexity index is 771. The molecule has 1 aliphatic carbocycles. The first kappa shape index (κ1) is 18.3. The third-order valence-electron chi connectivity index (χ3n) is 4.29. The van der Waals surface area contributed by atoms with Crippen LogP contribution in [0.1, 0.15) is 42.5 Å². The summed E-state index contributed by atoms with van der Waals surface area (Å²) in [7, 11) is 0. The minimum Gasteiger partial charge on any atom is -0.459 e. The van der Waals surface area contributed by atoms with Gasteiger partial charge in [-0.3, -0.25) is 0 Å². The van der Waals surface area contributed by atoms with Gasteiger partial charge in [0.15, 0.2) is 0 Å². The van der Waals surface area contributed by atoms with Gasteiger partial charge in [0.1, 0.15) is 6.10 Å². The number of hydrogen-bond donors (Lipinski definition) is 2. The number of urea groups is 1. The lowest BCUT2D eigenvalue weighted by Crippen LogP contribution is -2.21. The van der Waals surface area contributed by atoms with Crippen LogP contribution in [0.3, 0.4) is 0 Å². The molecule has 1 aliphatic rings. The van der Waals surface area contributed by atoms with E-state index in [1.165, 1.54) is 6.42 Å². The molecule has 0 aromatic heterocycles. The maximum absolute atomic E-state index is 12.2. The normalized spacial score (nSPS) is 14.5. The molecule has 2 aromatic carbocycles. The highest BCUT2D eigenvalue weighted by Crippen LogP contribution is 2.22. The number of benzene rings is 2. The van der Waals surface area contributed by atoms with Gasteiger partial charge in [0.25, 0.3) is 0 Å².